The number of piperidine rings is 2. The van der Waals surface area contributed by atoms with E-state index in [1.165, 1.54) is 12.1 Å². The Kier molecular flexibility index (Phi) is 7.28. The second kappa shape index (κ2) is 9.89. The number of carbonyl (C=O) groups is 1. The van der Waals surface area contributed by atoms with Crippen LogP contribution >= 0.6 is 0 Å². The first-order valence-corrected chi connectivity index (χ1v) is 10.6. The Morgan fingerprint density at radius 2 is 1.79 bits per heavy atom. The number of unbranched alkanes of at least 4 members (excludes halogenated alkanes) is 1. The van der Waals surface area contributed by atoms with Crippen LogP contribution in [-0.4, -0.2) is 48.7 Å². The van der Waals surface area contributed by atoms with E-state index in [9.17, 15) is 19.3 Å². The number of rotatable bonds is 6. The zero-order valence-corrected chi connectivity index (χ0v) is 17.0. The van der Waals surface area contributed by atoms with E-state index in [-0.39, 0.29) is 11.8 Å². The quantitative estimate of drug-likeness (QED) is 0.391. The first-order chi connectivity index (χ1) is 14.0. The molecule has 1 aromatic carbocycles. The number of carbonyl (C=O) groups excluding carboxylic acids is 1. The van der Waals surface area contributed by atoms with Gasteiger partial charge in [-0.25, -0.2) is 9.18 Å². The van der Waals surface area contributed by atoms with Crippen molar-refractivity contribution in [1.82, 2.24) is 4.90 Å². The van der Waals surface area contributed by atoms with Gasteiger partial charge in [0.05, 0.1) is 23.3 Å². The molecule has 0 aromatic heterocycles. The number of benzene rings is 1. The van der Waals surface area contributed by atoms with Crippen LogP contribution in [0.3, 0.4) is 0 Å². The van der Waals surface area contributed by atoms with Crippen molar-refractivity contribution in [2.24, 2.45) is 11.8 Å². The third kappa shape index (κ3) is 5.36. The molecule has 29 heavy (non-hydrogen) atoms. The number of non-ortho nitro benzene ring substituents is 1. The van der Waals surface area contributed by atoms with E-state index in [0.717, 1.165) is 70.8 Å². The zero-order chi connectivity index (χ0) is 20.8. The van der Waals surface area contributed by atoms with Crippen molar-refractivity contribution in [2.45, 2.75) is 45.4 Å². The van der Waals surface area contributed by atoms with Crippen LogP contribution < -0.4 is 4.90 Å². The molecule has 0 radical (unpaired) electrons. The van der Waals surface area contributed by atoms with Gasteiger partial charge in [0.25, 0.3) is 5.69 Å². The van der Waals surface area contributed by atoms with Crippen LogP contribution in [0.5, 0.6) is 0 Å². The van der Waals surface area contributed by atoms with Gasteiger partial charge < -0.3 is 14.5 Å². The molecule has 3 rings (SSSR count). The van der Waals surface area contributed by atoms with Crippen molar-refractivity contribution in [1.29, 1.82) is 0 Å². The minimum Gasteiger partial charge on any atom is -0.449 e. The molecule has 7 nitrogen and oxygen atoms in total. The van der Waals surface area contributed by atoms with Crippen molar-refractivity contribution in [3.05, 3.63) is 34.1 Å². The summed E-state index contributed by atoms with van der Waals surface area (Å²) in [6.07, 6.45) is 5.64. The van der Waals surface area contributed by atoms with Gasteiger partial charge >= 0.3 is 6.09 Å². The smallest absolute Gasteiger partial charge is 0.409 e. The lowest BCUT2D eigenvalue weighted by atomic mass is 9.79. The van der Waals surface area contributed by atoms with Crippen molar-refractivity contribution >= 4 is 17.5 Å². The lowest BCUT2D eigenvalue weighted by Gasteiger charge is -2.40. The highest BCUT2D eigenvalue weighted by molar-refractivity contribution is 5.67. The molecule has 0 saturated carbocycles. The minimum absolute atomic E-state index is 0.194. The summed E-state index contributed by atoms with van der Waals surface area (Å²) in [4.78, 5) is 26.1. The predicted molar refractivity (Wildman–Crippen MR) is 109 cm³/mol. The molecule has 8 heteroatoms. The number of amides is 1. The van der Waals surface area contributed by atoms with Gasteiger partial charge in [-0.1, -0.05) is 13.3 Å². The van der Waals surface area contributed by atoms with Gasteiger partial charge in [0, 0.05) is 32.2 Å². The lowest BCUT2D eigenvalue weighted by Crippen LogP contribution is -2.43. The molecule has 2 saturated heterocycles. The van der Waals surface area contributed by atoms with Gasteiger partial charge in [0.1, 0.15) is 0 Å². The SMILES string of the molecule is CCCCOC(=O)N1CCC(C2CCN(c3ccc([N+](=O)[O-])cc3F)CC2)CC1. The number of nitrogens with zero attached hydrogens (tertiary/aromatic N) is 3. The Bertz CT molecular complexity index is 714. The van der Waals surface area contributed by atoms with Crippen LogP contribution in [0.2, 0.25) is 0 Å². The van der Waals surface area contributed by atoms with E-state index in [2.05, 4.69) is 6.92 Å². The predicted octanol–water partition coefficient (Wildman–Crippen LogP) is 4.60. The Balaban J connectivity index is 1.46. The van der Waals surface area contributed by atoms with Crippen molar-refractivity contribution in [3.8, 4) is 0 Å². The Labute approximate surface area is 171 Å². The summed E-state index contributed by atoms with van der Waals surface area (Å²) < 4.78 is 19.6. The van der Waals surface area contributed by atoms with Gasteiger partial charge in [0.2, 0.25) is 0 Å². The Morgan fingerprint density at radius 3 is 2.34 bits per heavy atom. The van der Waals surface area contributed by atoms with E-state index >= 15 is 0 Å². The fraction of sp³-hybridized carbons (Fsp3) is 0.667. The minimum atomic E-state index is -0.578. The van der Waals surface area contributed by atoms with Crippen LogP contribution in [-0.2, 0) is 4.74 Å². The second-order valence-corrected chi connectivity index (χ2v) is 8.01. The average Bonchev–Trinajstić information content (AvgIpc) is 2.74. The molecule has 0 bridgehead atoms. The summed E-state index contributed by atoms with van der Waals surface area (Å²) in [6, 6.07) is 3.87. The number of hydrogen-bond donors (Lipinski definition) is 0. The summed E-state index contributed by atoms with van der Waals surface area (Å²) >= 11 is 0. The fourth-order valence-electron chi connectivity index (χ4n) is 4.43. The molecule has 0 N–H and O–H groups in total. The molecule has 1 amide bonds. The van der Waals surface area contributed by atoms with E-state index in [1.807, 2.05) is 9.80 Å². The zero-order valence-electron chi connectivity index (χ0n) is 17.0. The van der Waals surface area contributed by atoms with E-state index in [1.54, 1.807) is 0 Å². The Morgan fingerprint density at radius 1 is 1.17 bits per heavy atom. The van der Waals surface area contributed by atoms with Gasteiger partial charge in [-0.2, -0.15) is 0 Å². The van der Waals surface area contributed by atoms with E-state index in [4.69, 9.17) is 4.74 Å². The van der Waals surface area contributed by atoms with Gasteiger partial charge in [0.15, 0.2) is 5.82 Å². The van der Waals surface area contributed by atoms with Crippen LogP contribution in [0, 0.1) is 27.8 Å². The molecular weight excluding hydrogens is 377 g/mol. The number of nitro groups is 1. The molecule has 160 valence electrons. The maximum Gasteiger partial charge on any atom is 0.409 e. The monoisotopic (exact) mass is 407 g/mol. The standard InChI is InChI=1S/C21H30FN3O4/c1-2-3-14-29-21(26)24-12-8-17(9-13-24)16-6-10-23(11-7-16)20-5-4-18(25(27)28)15-19(20)22/h4-5,15-17H,2-3,6-14H2,1H3. The highest BCUT2D eigenvalue weighted by Gasteiger charge is 2.32. The number of anilines is 1. The van der Waals surface area contributed by atoms with Crippen LogP contribution in [0.25, 0.3) is 0 Å². The maximum atomic E-state index is 14.3. The first-order valence-electron chi connectivity index (χ1n) is 10.6. The summed E-state index contributed by atoms with van der Waals surface area (Å²) in [7, 11) is 0. The number of ether oxygens (including phenoxy) is 1. The lowest BCUT2D eigenvalue weighted by molar-refractivity contribution is -0.385. The number of likely N-dealkylation sites (tertiary alicyclic amines) is 1. The molecule has 2 aliphatic heterocycles. The molecule has 2 aliphatic rings. The largest absolute Gasteiger partial charge is 0.449 e. The summed E-state index contributed by atoms with van der Waals surface area (Å²) in [5.41, 5.74) is 0.222. The Hall–Kier alpha value is -2.38. The molecule has 2 heterocycles. The normalized spacial score (nSPS) is 18.7. The average molecular weight is 407 g/mol. The molecule has 0 aliphatic carbocycles. The van der Waals surface area contributed by atoms with Crippen molar-refractivity contribution in [3.63, 3.8) is 0 Å². The molecular formula is C21H30FN3O4. The highest BCUT2D eigenvalue weighted by atomic mass is 19.1. The van der Waals surface area contributed by atoms with Crippen LogP contribution in [0.4, 0.5) is 20.6 Å². The topological polar surface area (TPSA) is 75.9 Å². The van der Waals surface area contributed by atoms with E-state index < -0.39 is 10.7 Å². The number of nitro benzene ring substituents is 1. The van der Waals surface area contributed by atoms with Gasteiger partial charge in [-0.15, -0.1) is 0 Å². The second-order valence-electron chi connectivity index (χ2n) is 8.01. The van der Waals surface area contributed by atoms with Gasteiger partial charge in [-0.3, -0.25) is 10.1 Å². The van der Waals surface area contributed by atoms with Crippen LogP contribution in [0.15, 0.2) is 18.2 Å². The van der Waals surface area contributed by atoms with Crippen molar-refractivity contribution in [2.75, 3.05) is 37.7 Å². The summed E-state index contributed by atoms with van der Waals surface area (Å²) in [5, 5.41) is 10.8. The summed E-state index contributed by atoms with van der Waals surface area (Å²) in [6.45, 7) is 5.55. The third-order valence-electron chi connectivity index (χ3n) is 6.21. The number of halogens is 1. The molecule has 0 unspecified atom stereocenters. The molecule has 1 aromatic rings. The first kappa shape index (κ1) is 21.3. The highest BCUT2D eigenvalue weighted by Crippen LogP contribution is 2.35. The third-order valence-corrected chi connectivity index (χ3v) is 6.21. The molecule has 0 atom stereocenters. The molecule has 0 spiro atoms. The molecule has 2 fully saturated rings. The van der Waals surface area contributed by atoms with Crippen molar-refractivity contribution < 1.29 is 18.8 Å². The fourth-order valence-corrected chi connectivity index (χ4v) is 4.43. The summed E-state index contributed by atoms with van der Waals surface area (Å²) in [5.74, 6) is 0.622. The maximum absolute atomic E-state index is 14.3. The number of hydrogen-bond acceptors (Lipinski definition) is 5. The van der Waals surface area contributed by atoms with Gasteiger partial charge in [-0.05, 0) is 50.0 Å². The van der Waals surface area contributed by atoms with Crippen LogP contribution in [0.1, 0.15) is 45.4 Å². The van der Waals surface area contributed by atoms with E-state index in [0.29, 0.717) is 24.1 Å².